The summed E-state index contributed by atoms with van der Waals surface area (Å²) in [5.41, 5.74) is 6.65. The smallest absolute Gasteiger partial charge is 0.326 e. The Morgan fingerprint density at radius 3 is 2.35 bits per heavy atom. The molecule has 92 valence electrons. The molecule has 0 aliphatic heterocycles. The molecule has 6 heteroatoms. The van der Waals surface area contributed by atoms with E-state index in [1.807, 2.05) is 12.1 Å². The van der Waals surface area contributed by atoms with Gasteiger partial charge in [-0.3, -0.25) is 0 Å². The van der Waals surface area contributed by atoms with Crippen LogP contribution in [-0.4, -0.2) is 30.2 Å². The number of nitrogens with one attached hydrogen (secondary N) is 2. The maximum atomic E-state index is 10.9. The van der Waals surface area contributed by atoms with Gasteiger partial charge >= 0.3 is 12.0 Å². The van der Waals surface area contributed by atoms with Crippen LogP contribution < -0.4 is 16.4 Å². The lowest BCUT2D eigenvalue weighted by molar-refractivity contribution is -0.139. The quantitative estimate of drug-likeness (QED) is 0.594. The first kappa shape index (κ1) is 12.8. The fourth-order valence-electron chi connectivity index (χ4n) is 1.41. The minimum atomic E-state index is -1.11. The van der Waals surface area contributed by atoms with Gasteiger partial charge in [0.05, 0.1) is 0 Å². The predicted octanol–water partition coefficient (Wildman–Crippen LogP) is 0.392. The van der Waals surface area contributed by atoms with Crippen molar-refractivity contribution in [1.82, 2.24) is 5.32 Å². The second-order valence-corrected chi connectivity index (χ2v) is 3.55. The molecule has 1 atom stereocenters. The van der Waals surface area contributed by atoms with Crippen molar-refractivity contribution in [3.05, 3.63) is 29.8 Å². The second kappa shape index (κ2) is 5.74. The zero-order valence-corrected chi connectivity index (χ0v) is 9.43. The molecule has 2 amide bonds. The summed E-state index contributed by atoms with van der Waals surface area (Å²) in [5.74, 6) is -1.11. The Labute approximate surface area is 98.8 Å². The van der Waals surface area contributed by atoms with Gasteiger partial charge in [-0.1, -0.05) is 12.1 Å². The molecule has 5 N–H and O–H groups in total. The van der Waals surface area contributed by atoms with Gasteiger partial charge in [0.1, 0.15) is 6.04 Å². The van der Waals surface area contributed by atoms with Gasteiger partial charge in [0.2, 0.25) is 0 Å². The number of primary amides is 1. The van der Waals surface area contributed by atoms with Gasteiger partial charge < -0.3 is 21.5 Å². The molecule has 1 rings (SSSR count). The van der Waals surface area contributed by atoms with E-state index in [2.05, 4.69) is 10.6 Å². The van der Waals surface area contributed by atoms with Crippen LogP contribution in [-0.2, 0) is 11.2 Å². The van der Waals surface area contributed by atoms with Crippen molar-refractivity contribution < 1.29 is 14.7 Å². The van der Waals surface area contributed by atoms with E-state index in [9.17, 15) is 9.59 Å². The summed E-state index contributed by atoms with van der Waals surface area (Å²) in [6.45, 7) is 0. The highest BCUT2D eigenvalue weighted by molar-refractivity contribution is 5.81. The second-order valence-electron chi connectivity index (χ2n) is 3.55. The van der Waals surface area contributed by atoms with Crippen LogP contribution in [0.15, 0.2) is 24.3 Å². The molecule has 1 aromatic rings. The molecule has 0 heterocycles. The van der Waals surface area contributed by atoms with Crippen molar-refractivity contribution in [2.24, 2.45) is 5.73 Å². The number of aliphatic carboxylic acids is 1. The summed E-state index contributed by atoms with van der Waals surface area (Å²) in [6.07, 6.45) is 0.197. The third-order valence-corrected chi connectivity index (χ3v) is 2.30. The number of urea groups is 1. The first-order chi connectivity index (χ1) is 8.02. The van der Waals surface area contributed by atoms with Crippen LogP contribution >= 0.6 is 0 Å². The molecule has 0 saturated heterocycles. The van der Waals surface area contributed by atoms with E-state index in [0.29, 0.717) is 0 Å². The summed E-state index contributed by atoms with van der Waals surface area (Å²) in [4.78, 5) is 21.5. The third kappa shape index (κ3) is 4.02. The maximum Gasteiger partial charge on any atom is 0.326 e. The molecule has 0 aromatic heterocycles. The number of hydrogen-bond donors (Lipinski definition) is 4. The van der Waals surface area contributed by atoms with Crippen LogP contribution in [0.4, 0.5) is 10.5 Å². The molecule has 0 aliphatic rings. The Morgan fingerprint density at radius 2 is 1.94 bits per heavy atom. The average molecular weight is 237 g/mol. The number of anilines is 1. The summed E-state index contributed by atoms with van der Waals surface area (Å²) in [7, 11) is 1.80. The summed E-state index contributed by atoms with van der Waals surface area (Å²) >= 11 is 0. The number of carboxylic acid groups (broad SMARTS) is 1. The predicted molar refractivity (Wildman–Crippen MR) is 63.8 cm³/mol. The lowest BCUT2D eigenvalue weighted by Gasteiger charge is -2.13. The van der Waals surface area contributed by atoms with E-state index in [-0.39, 0.29) is 6.42 Å². The molecule has 1 aromatic carbocycles. The molecule has 0 unspecified atom stereocenters. The molecule has 0 fully saturated rings. The third-order valence-electron chi connectivity index (χ3n) is 2.30. The number of nitrogens with two attached hydrogens (primary N) is 1. The summed E-state index contributed by atoms with van der Waals surface area (Å²) in [6, 6.07) is 5.41. The molecule has 0 radical (unpaired) electrons. The van der Waals surface area contributed by atoms with Crippen LogP contribution in [0.2, 0.25) is 0 Å². The van der Waals surface area contributed by atoms with Crippen molar-refractivity contribution in [3.8, 4) is 0 Å². The number of carboxylic acids is 1. The molecule has 0 aliphatic carbocycles. The highest BCUT2D eigenvalue weighted by Crippen LogP contribution is 2.10. The number of hydrogen-bond acceptors (Lipinski definition) is 3. The first-order valence-corrected chi connectivity index (χ1v) is 5.08. The average Bonchev–Trinajstić information content (AvgIpc) is 2.28. The van der Waals surface area contributed by atoms with Gasteiger partial charge in [-0.25, -0.2) is 9.59 Å². The number of carbonyl (C=O) groups excluding carboxylic acids is 1. The largest absolute Gasteiger partial charge is 0.480 e. The van der Waals surface area contributed by atoms with Gasteiger partial charge in [-0.15, -0.1) is 0 Å². The van der Waals surface area contributed by atoms with E-state index in [4.69, 9.17) is 10.8 Å². The first-order valence-electron chi connectivity index (χ1n) is 5.08. The standard InChI is InChI=1S/C11H15N3O3/c1-13-8-4-2-7(3-5-8)6-9(10(15)16)14-11(12)17/h2-5,9,13H,6H2,1H3,(H,15,16)(H3,12,14,17)/t9-/m0/s1. The van der Waals surface area contributed by atoms with Crippen LogP contribution in [0.25, 0.3) is 0 Å². The highest BCUT2D eigenvalue weighted by Gasteiger charge is 2.18. The summed E-state index contributed by atoms with van der Waals surface area (Å²) < 4.78 is 0. The van der Waals surface area contributed by atoms with E-state index in [1.165, 1.54) is 0 Å². The van der Waals surface area contributed by atoms with Crippen LogP contribution in [0.1, 0.15) is 5.56 Å². The lowest BCUT2D eigenvalue weighted by Crippen LogP contribution is -2.44. The molecule has 0 spiro atoms. The van der Waals surface area contributed by atoms with E-state index >= 15 is 0 Å². The monoisotopic (exact) mass is 237 g/mol. The van der Waals surface area contributed by atoms with Gasteiger partial charge in [-0.05, 0) is 17.7 Å². The Balaban J connectivity index is 2.71. The Bertz CT molecular complexity index is 403. The topological polar surface area (TPSA) is 104 Å². The van der Waals surface area contributed by atoms with Crippen LogP contribution in [0.5, 0.6) is 0 Å². The number of benzene rings is 1. The van der Waals surface area contributed by atoms with E-state index in [0.717, 1.165) is 11.3 Å². The molecule has 0 saturated carbocycles. The fraction of sp³-hybridized carbons (Fsp3) is 0.273. The Morgan fingerprint density at radius 1 is 1.35 bits per heavy atom. The van der Waals surface area contributed by atoms with Gasteiger partial charge in [0.15, 0.2) is 0 Å². The van der Waals surface area contributed by atoms with Crippen molar-refractivity contribution in [1.29, 1.82) is 0 Å². The minimum Gasteiger partial charge on any atom is -0.480 e. The van der Waals surface area contributed by atoms with Crippen LogP contribution in [0, 0.1) is 0 Å². The van der Waals surface area contributed by atoms with Gasteiger partial charge in [-0.2, -0.15) is 0 Å². The number of rotatable bonds is 5. The molecular weight excluding hydrogens is 222 g/mol. The van der Waals surface area contributed by atoms with E-state index in [1.54, 1.807) is 19.2 Å². The highest BCUT2D eigenvalue weighted by atomic mass is 16.4. The number of amides is 2. The fourth-order valence-corrected chi connectivity index (χ4v) is 1.41. The number of carbonyl (C=O) groups is 2. The molecule has 6 nitrogen and oxygen atoms in total. The molecule has 17 heavy (non-hydrogen) atoms. The Hall–Kier alpha value is -2.24. The molecule has 0 bridgehead atoms. The SMILES string of the molecule is CNc1ccc(C[C@H](NC(N)=O)C(=O)O)cc1. The van der Waals surface area contributed by atoms with Crippen molar-refractivity contribution in [2.45, 2.75) is 12.5 Å². The van der Waals surface area contributed by atoms with Crippen molar-refractivity contribution >= 4 is 17.7 Å². The zero-order chi connectivity index (χ0) is 12.8. The van der Waals surface area contributed by atoms with Crippen LogP contribution in [0.3, 0.4) is 0 Å². The summed E-state index contributed by atoms with van der Waals surface area (Å²) in [5, 5.41) is 14.0. The van der Waals surface area contributed by atoms with E-state index < -0.39 is 18.0 Å². The zero-order valence-electron chi connectivity index (χ0n) is 9.43. The van der Waals surface area contributed by atoms with Crippen molar-refractivity contribution in [2.75, 3.05) is 12.4 Å². The maximum absolute atomic E-state index is 10.9. The molecular formula is C11H15N3O3. The van der Waals surface area contributed by atoms with Gasteiger partial charge in [0, 0.05) is 19.2 Å². The minimum absolute atomic E-state index is 0.197. The Kier molecular flexibility index (Phi) is 4.33. The van der Waals surface area contributed by atoms with Crippen molar-refractivity contribution in [3.63, 3.8) is 0 Å². The lowest BCUT2D eigenvalue weighted by atomic mass is 10.1. The van der Waals surface area contributed by atoms with Gasteiger partial charge in [0.25, 0.3) is 0 Å². The normalized spacial score (nSPS) is 11.6.